The summed E-state index contributed by atoms with van der Waals surface area (Å²) in [6.45, 7) is 0.601. The Morgan fingerprint density at radius 1 is 1.14 bits per heavy atom. The molecule has 1 unspecified atom stereocenters. The summed E-state index contributed by atoms with van der Waals surface area (Å²) in [6, 6.07) is 12.4. The lowest BCUT2D eigenvalue weighted by Crippen LogP contribution is -2.32. The Hall–Kier alpha value is -1.88. The van der Waals surface area contributed by atoms with Gasteiger partial charge in [-0.25, -0.2) is 8.78 Å². The highest BCUT2D eigenvalue weighted by atomic mass is 32.2. The van der Waals surface area contributed by atoms with Gasteiger partial charge >= 0.3 is 0 Å². The molecule has 0 saturated carbocycles. The van der Waals surface area contributed by atoms with Crippen LogP contribution in [-0.4, -0.2) is 23.1 Å². The Kier molecular flexibility index (Phi) is 4.43. The van der Waals surface area contributed by atoms with Crippen LogP contribution in [0.2, 0.25) is 0 Å². The third-order valence-corrected chi connectivity index (χ3v) is 4.89. The van der Waals surface area contributed by atoms with Gasteiger partial charge in [-0.05, 0) is 23.8 Å². The summed E-state index contributed by atoms with van der Waals surface area (Å²) in [5.74, 6) is 0.109. The number of thioether (sulfide) groups is 1. The van der Waals surface area contributed by atoms with Gasteiger partial charge in [0.25, 0.3) is 0 Å². The van der Waals surface area contributed by atoms with Crippen molar-refractivity contribution < 1.29 is 13.6 Å². The van der Waals surface area contributed by atoms with E-state index in [4.69, 9.17) is 0 Å². The first-order chi connectivity index (χ1) is 10.6. The van der Waals surface area contributed by atoms with Crippen molar-refractivity contribution in [3.63, 3.8) is 0 Å². The van der Waals surface area contributed by atoms with Gasteiger partial charge < -0.3 is 4.90 Å². The van der Waals surface area contributed by atoms with Crippen LogP contribution >= 0.6 is 11.8 Å². The molecule has 0 radical (unpaired) electrons. The van der Waals surface area contributed by atoms with Crippen LogP contribution < -0.4 is 0 Å². The summed E-state index contributed by atoms with van der Waals surface area (Å²) in [5, 5.41) is -0.283. The Labute approximate surface area is 132 Å². The summed E-state index contributed by atoms with van der Waals surface area (Å²) >= 11 is 1.56. The maximum absolute atomic E-state index is 14.0. The van der Waals surface area contributed by atoms with E-state index in [0.717, 1.165) is 11.3 Å². The van der Waals surface area contributed by atoms with Crippen molar-refractivity contribution in [3.8, 4) is 0 Å². The van der Waals surface area contributed by atoms with Crippen LogP contribution in [0.4, 0.5) is 8.78 Å². The minimum atomic E-state index is -0.322. The molecule has 1 aliphatic rings. The first kappa shape index (κ1) is 15.0. The summed E-state index contributed by atoms with van der Waals surface area (Å²) in [7, 11) is 0. The molecule has 1 saturated heterocycles. The van der Waals surface area contributed by atoms with Crippen LogP contribution in [0, 0.1) is 11.6 Å². The van der Waals surface area contributed by atoms with Gasteiger partial charge in [-0.1, -0.05) is 30.3 Å². The van der Waals surface area contributed by atoms with Gasteiger partial charge in [0, 0.05) is 17.9 Å². The van der Waals surface area contributed by atoms with Crippen molar-refractivity contribution in [1.29, 1.82) is 0 Å². The highest BCUT2D eigenvalue weighted by Gasteiger charge is 2.31. The zero-order valence-corrected chi connectivity index (χ0v) is 12.7. The number of carbonyl (C=O) groups is 1. The number of hydrogen-bond acceptors (Lipinski definition) is 2. The van der Waals surface area contributed by atoms with Gasteiger partial charge in [-0.2, -0.15) is 0 Å². The quantitative estimate of drug-likeness (QED) is 0.858. The average molecular weight is 319 g/mol. The zero-order chi connectivity index (χ0) is 15.5. The lowest BCUT2D eigenvalue weighted by atomic mass is 10.1. The highest BCUT2D eigenvalue weighted by molar-refractivity contribution is 7.99. The van der Waals surface area contributed by atoms with E-state index in [-0.39, 0.29) is 29.3 Å². The lowest BCUT2D eigenvalue weighted by Gasteiger charge is -2.24. The Balaban J connectivity index is 1.76. The van der Waals surface area contributed by atoms with Crippen LogP contribution in [0.1, 0.15) is 16.5 Å². The average Bonchev–Trinajstić information content (AvgIpc) is 2.99. The summed E-state index contributed by atoms with van der Waals surface area (Å²) < 4.78 is 26.9. The van der Waals surface area contributed by atoms with Gasteiger partial charge in [0.2, 0.25) is 5.91 Å². The van der Waals surface area contributed by atoms with Crippen molar-refractivity contribution in [1.82, 2.24) is 4.90 Å². The third-order valence-electron chi connectivity index (χ3n) is 3.65. The van der Waals surface area contributed by atoms with Gasteiger partial charge in [0.15, 0.2) is 0 Å². The Morgan fingerprint density at radius 3 is 2.59 bits per heavy atom. The van der Waals surface area contributed by atoms with Gasteiger partial charge in [-0.15, -0.1) is 11.8 Å². The molecule has 1 fully saturated rings. The van der Waals surface area contributed by atoms with Crippen LogP contribution in [0.25, 0.3) is 0 Å². The molecule has 0 aromatic heterocycles. The number of hydrogen-bond donors (Lipinski definition) is 0. The number of benzene rings is 2. The number of carbonyl (C=O) groups excluding carboxylic acids is 1. The molecule has 1 amide bonds. The molecule has 0 aliphatic carbocycles. The van der Waals surface area contributed by atoms with E-state index in [2.05, 4.69) is 0 Å². The molecular weight excluding hydrogens is 304 g/mol. The molecule has 0 bridgehead atoms. The topological polar surface area (TPSA) is 20.3 Å². The maximum atomic E-state index is 14.0. The molecular formula is C17H15F2NOS. The highest BCUT2D eigenvalue weighted by Crippen LogP contribution is 2.39. The van der Waals surface area contributed by atoms with E-state index in [1.54, 1.807) is 47.0 Å². The van der Waals surface area contributed by atoms with Crippen LogP contribution in [0.3, 0.4) is 0 Å². The lowest BCUT2D eigenvalue weighted by molar-refractivity contribution is -0.130. The molecule has 1 atom stereocenters. The van der Waals surface area contributed by atoms with E-state index in [9.17, 15) is 13.6 Å². The number of rotatable bonds is 3. The predicted molar refractivity (Wildman–Crippen MR) is 83.4 cm³/mol. The normalized spacial score (nSPS) is 17.7. The van der Waals surface area contributed by atoms with Crippen molar-refractivity contribution in [2.24, 2.45) is 0 Å². The van der Waals surface area contributed by atoms with Gasteiger partial charge in [-0.3, -0.25) is 4.79 Å². The SMILES string of the molecule is O=C(Cc1ccc(F)cc1)N1CCSC1c1ccccc1F. The van der Waals surface area contributed by atoms with Crippen LogP contribution in [0.15, 0.2) is 48.5 Å². The molecule has 114 valence electrons. The van der Waals surface area contributed by atoms with E-state index in [1.807, 2.05) is 0 Å². The van der Waals surface area contributed by atoms with Crippen molar-refractivity contribution in [3.05, 3.63) is 71.3 Å². The fraction of sp³-hybridized carbons (Fsp3) is 0.235. The smallest absolute Gasteiger partial charge is 0.228 e. The number of amides is 1. The first-order valence-corrected chi connectivity index (χ1v) is 8.10. The number of halogens is 2. The van der Waals surface area contributed by atoms with Crippen molar-refractivity contribution >= 4 is 17.7 Å². The second kappa shape index (κ2) is 6.48. The predicted octanol–water partition coefficient (Wildman–Crippen LogP) is 3.78. The zero-order valence-electron chi connectivity index (χ0n) is 11.8. The molecule has 0 spiro atoms. The summed E-state index contributed by atoms with van der Waals surface area (Å²) in [5.41, 5.74) is 1.30. The standard InChI is InChI=1S/C17H15F2NOS/c18-13-7-5-12(6-8-13)11-16(21)20-9-10-22-17(20)14-3-1-2-4-15(14)19/h1-8,17H,9-11H2. The minimum Gasteiger partial charge on any atom is -0.325 e. The fourth-order valence-corrected chi connectivity index (χ4v) is 3.84. The van der Waals surface area contributed by atoms with E-state index in [1.165, 1.54) is 18.2 Å². The molecule has 1 aliphatic heterocycles. The second-order valence-electron chi connectivity index (χ2n) is 5.14. The van der Waals surface area contributed by atoms with Crippen LogP contribution in [0.5, 0.6) is 0 Å². The van der Waals surface area contributed by atoms with Crippen LogP contribution in [-0.2, 0) is 11.2 Å². The Morgan fingerprint density at radius 2 is 1.86 bits per heavy atom. The molecule has 2 aromatic carbocycles. The van der Waals surface area contributed by atoms with Gasteiger partial charge in [0.05, 0.1) is 6.42 Å². The van der Waals surface area contributed by atoms with E-state index < -0.39 is 0 Å². The first-order valence-electron chi connectivity index (χ1n) is 7.05. The summed E-state index contributed by atoms with van der Waals surface area (Å²) in [6.07, 6.45) is 0.200. The van der Waals surface area contributed by atoms with E-state index in [0.29, 0.717) is 12.1 Å². The fourth-order valence-electron chi connectivity index (χ4n) is 2.54. The molecule has 3 rings (SSSR count). The third kappa shape index (κ3) is 3.14. The molecule has 5 heteroatoms. The molecule has 2 aromatic rings. The van der Waals surface area contributed by atoms with Gasteiger partial charge in [0.1, 0.15) is 17.0 Å². The monoisotopic (exact) mass is 319 g/mol. The molecule has 22 heavy (non-hydrogen) atoms. The summed E-state index contributed by atoms with van der Waals surface area (Å²) in [4.78, 5) is 14.2. The Bertz CT molecular complexity index is 675. The van der Waals surface area contributed by atoms with Crippen molar-refractivity contribution in [2.75, 3.05) is 12.3 Å². The molecule has 2 nitrogen and oxygen atoms in total. The largest absolute Gasteiger partial charge is 0.325 e. The van der Waals surface area contributed by atoms with Crippen molar-refractivity contribution in [2.45, 2.75) is 11.8 Å². The van der Waals surface area contributed by atoms with E-state index >= 15 is 0 Å². The second-order valence-corrected chi connectivity index (χ2v) is 6.32. The maximum Gasteiger partial charge on any atom is 0.228 e. The molecule has 0 N–H and O–H groups in total. The number of nitrogens with zero attached hydrogens (tertiary/aromatic N) is 1. The molecule has 1 heterocycles. The minimum absolute atomic E-state index is 0.0649.